The lowest BCUT2D eigenvalue weighted by molar-refractivity contribution is 0.622. The SMILES string of the molecule is CN=C(NCCC(c1ccccc1)c1ccccc1)NC(C)Cc1c(C)nn(C)c1C.I. The molecule has 5 nitrogen and oxygen atoms in total. The molecule has 0 saturated carbocycles. The number of rotatable bonds is 8. The van der Waals surface area contributed by atoms with E-state index >= 15 is 0 Å². The van der Waals surface area contributed by atoms with Crippen molar-refractivity contribution in [3.05, 3.63) is 88.7 Å². The number of halogens is 1. The van der Waals surface area contributed by atoms with Crippen LogP contribution in [0.1, 0.15) is 47.3 Å². The summed E-state index contributed by atoms with van der Waals surface area (Å²) in [5, 5.41) is 11.6. The van der Waals surface area contributed by atoms with Crippen LogP contribution in [-0.2, 0) is 13.5 Å². The van der Waals surface area contributed by atoms with E-state index in [2.05, 4.69) is 102 Å². The third-order valence-electron chi connectivity index (χ3n) is 5.91. The van der Waals surface area contributed by atoms with Crippen molar-refractivity contribution in [3.63, 3.8) is 0 Å². The molecule has 0 radical (unpaired) electrons. The van der Waals surface area contributed by atoms with E-state index in [0.29, 0.717) is 5.92 Å². The fourth-order valence-corrected chi connectivity index (χ4v) is 4.13. The lowest BCUT2D eigenvalue weighted by atomic mass is 9.88. The van der Waals surface area contributed by atoms with Crippen LogP contribution in [0.3, 0.4) is 0 Å². The molecule has 32 heavy (non-hydrogen) atoms. The number of nitrogens with one attached hydrogen (secondary N) is 2. The first-order valence-electron chi connectivity index (χ1n) is 11.1. The Morgan fingerprint density at radius 3 is 2.03 bits per heavy atom. The fourth-order valence-electron chi connectivity index (χ4n) is 4.13. The smallest absolute Gasteiger partial charge is 0.191 e. The van der Waals surface area contributed by atoms with Gasteiger partial charge in [-0.15, -0.1) is 24.0 Å². The summed E-state index contributed by atoms with van der Waals surface area (Å²) in [4.78, 5) is 4.44. The molecule has 1 aromatic heterocycles. The summed E-state index contributed by atoms with van der Waals surface area (Å²) in [7, 11) is 3.83. The van der Waals surface area contributed by atoms with Crippen LogP contribution in [0.25, 0.3) is 0 Å². The first-order chi connectivity index (χ1) is 15.0. The van der Waals surface area contributed by atoms with Crippen LogP contribution < -0.4 is 10.6 Å². The summed E-state index contributed by atoms with van der Waals surface area (Å²) in [6.45, 7) is 7.24. The van der Waals surface area contributed by atoms with Gasteiger partial charge in [-0.25, -0.2) is 0 Å². The minimum absolute atomic E-state index is 0. The van der Waals surface area contributed by atoms with Gasteiger partial charge in [0.2, 0.25) is 0 Å². The highest BCUT2D eigenvalue weighted by molar-refractivity contribution is 14.0. The summed E-state index contributed by atoms with van der Waals surface area (Å²) in [6, 6.07) is 21.7. The normalized spacial score (nSPS) is 12.4. The molecule has 3 rings (SSSR count). The van der Waals surface area contributed by atoms with Gasteiger partial charge in [0, 0.05) is 38.3 Å². The Kier molecular flexibility index (Phi) is 10.2. The number of aryl methyl sites for hydroxylation is 2. The van der Waals surface area contributed by atoms with Crippen LogP contribution in [0.15, 0.2) is 65.7 Å². The quantitative estimate of drug-likeness (QED) is 0.239. The van der Waals surface area contributed by atoms with Gasteiger partial charge in [0.05, 0.1) is 5.69 Å². The van der Waals surface area contributed by atoms with Gasteiger partial charge in [0.1, 0.15) is 0 Å². The third-order valence-corrected chi connectivity index (χ3v) is 5.91. The lowest BCUT2D eigenvalue weighted by Crippen LogP contribution is -2.43. The van der Waals surface area contributed by atoms with E-state index < -0.39 is 0 Å². The van der Waals surface area contributed by atoms with E-state index in [1.165, 1.54) is 22.4 Å². The van der Waals surface area contributed by atoms with Crippen molar-refractivity contribution in [2.45, 2.75) is 45.6 Å². The molecule has 0 bridgehead atoms. The second-order valence-electron chi connectivity index (χ2n) is 8.18. The standard InChI is InChI=1S/C26H35N5.HI/c1-19(18-25-20(2)30-31(5)21(25)3)29-26(27-4)28-17-16-24(22-12-8-6-9-13-22)23-14-10-7-11-15-23;/h6-15,19,24H,16-18H2,1-5H3,(H2,27,28,29);1H. The second kappa shape index (κ2) is 12.6. The average molecular weight is 546 g/mol. The highest BCUT2D eigenvalue weighted by Crippen LogP contribution is 2.27. The largest absolute Gasteiger partial charge is 0.356 e. The van der Waals surface area contributed by atoms with E-state index in [-0.39, 0.29) is 30.0 Å². The lowest BCUT2D eigenvalue weighted by Gasteiger charge is -2.21. The molecule has 1 heterocycles. The molecule has 0 aliphatic rings. The molecule has 0 amide bonds. The summed E-state index contributed by atoms with van der Waals surface area (Å²) in [6.07, 6.45) is 1.91. The predicted molar refractivity (Wildman–Crippen MR) is 145 cm³/mol. The Hall–Kier alpha value is -2.35. The Bertz CT molecular complexity index is 943. The molecule has 1 atom stereocenters. The number of hydrogen-bond acceptors (Lipinski definition) is 2. The zero-order chi connectivity index (χ0) is 22.2. The Morgan fingerprint density at radius 2 is 1.56 bits per heavy atom. The maximum absolute atomic E-state index is 4.53. The molecule has 0 fully saturated rings. The van der Waals surface area contributed by atoms with Crippen molar-refractivity contribution in [1.82, 2.24) is 20.4 Å². The molecule has 3 aromatic rings. The van der Waals surface area contributed by atoms with Crippen molar-refractivity contribution in [1.29, 1.82) is 0 Å². The third kappa shape index (κ3) is 6.82. The number of nitrogens with zero attached hydrogens (tertiary/aromatic N) is 3. The Labute approximate surface area is 209 Å². The molecule has 0 aliphatic carbocycles. The molecular formula is C26H36IN5. The number of guanidine groups is 1. The maximum atomic E-state index is 4.53. The number of aliphatic imine (C=N–C) groups is 1. The van der Waals surface area contributed by atoms with Crippen LogP contribution in [0, 0.1) is 13.8 Å². The Balaban J connectivity index is 0.00000363. The molecular weight excluding hydrogens is 509 g/mol. The average Bonchev–Trinajstić information content (AvgIpc) is 3.03. The molecule has 172 valence electrons. The molecule has 2 aromatic carbocycles. The number of hydrogen-bond donors (Lipinski definition) is 2. The Morgan fingerprint density at radius 1 is 1.00 bits per heavy atom. The first kappa shape index (κ1) is 25.9. The maximum Gasteiger partial charge on any atom is 0.191 e. The minimum atomic E-state index is 0. The van der Waals surface area contributed by atoms with Gasteiger partial charge < -0.3 is 10.6 Å². The van der Waals surface area contributed by atoms with E-state index in [4.69, 9.17) is 0 Å². The van der Waals surface area contributed by atoms with Gasteiger partial charge in [-0.2, -0.15) is 5.10 Å². The van der Waals surface area contributed by atoms with Crippen molar-refractivity contribution < 1.29 is 0 Å². The molecule has 6 heteroatoms. The van der Waals surface area contributed by atoms with Crippen LogP contribution in [0.4, 0.5) is 0 Å². The van der Waals surface area contributed by atoms with E-state index in [0.717, 1.165) is 31.0 Å². The summed E-state index contributed by atoms with van der Waals surface area (Å²) >= 11 is 0. The van der Waals surface area contributed by atoms with Gasteiger partial charge in [-0.3, -0.25) is 9.67 Å². The van der Waals surface area contributed by atoms with Crippen molar-refractivity contribution in [3.8, 4) is 0 Å². The van der Waals surface area contributed by atoms with Crippen LogP contribution >= 0.6 is 24.0 Å². The van der Waals surface area contributed by atoms with Crippen molar-refractivity contribution >= 4 is 29.9 Å². The molecule has 1 unspecified atom stereocenters. The molecule has 2 N–H and O–H groups in total. The van der Waals surface area contributed by atoms with Gasteiger partial charge in [0.15, 0.2) is 5.96 Å². The molecule has 0 spiro atoms. The summed E-state index contributed by atoms with van der Waals surface area (Å²) in [5.41, 5.74) is 6.32. The van der Waals surface area contributed by atoms with Crippen LogP contribution in [-0.4, -0.2) is 35.4 Å². The summed E-state index contributed by atoms with van der Waals surface area (Å²) in [5.74, 6) is 1.19. The zero-order valence-corrected chi connectivity index (χ0v) is 22.1. The van der Waals surface area contributed by atoms with Crippen LogP contribution in [0.2, 0.25) is 0 Å². The van der Waals surface area contributed by atoms with Crippen molar-refractivity contribution in [2.24, 2.45) is 12.0 Å². The first-order valence-corrected chi connectivity index (χ1v) is 11.1. The molecule has 0 aliphatic heterocycles. The fraction of sp³-hybridized carbons (Fsp3) is 0.385. The predicted octanol–water partition coefficient (Wildman–Crippen LogP) is 4.97. The minimum Gasteiger partial charge on any atom is -0.356 e. The van der Waals surface area contributed by atoms with Gasteiger partial charge >= 0.3 is 0 Å². The highest BCUT2D eigenvalue weighted by atomic mass is 127. The van der Waals surface area contributed by atoms with Crippen LogP contribution in [0.5, 0.6) is 0 Å². The van der Waals surface area contributed by atoms with E-state index in [1.807, 2.05) is 18.8 Å². The monoisotopic (exact) mass is 545 g/mol. The second-order valence-corrected chi connectivity index (χ2v) is 8.18. The van der Waals surface area contributed by atoms with Gasteiger partial charge in [-0.1, -0.05) is 60.7 Å². The van der Waals surface area contributed by atoms with Crippen molar-refractivity contribution in [2.75, 3.05) is 13.6 Å². The van der Waals surface area contributed by atoms with Gasteiger partial charge in [-0.05, 0) is 50.3 Å². The number of benzene rings is 2. The topological polar surface area (TPSA) is 54.2 Å². The zero-order valence-electron chi connectivity index (χ0n) is 19.8. The van der Waals surface area contributed by atoms with Gasteiger partial charge in [0.25, 0.3) is 0 Å². The molecule has 0 saturated heterocycles. The number of aromatic nitrogens is 2. The summed E-state index contributed by atoms with van der Waals surface area (Å²) < 4.78 is 1.96. The van der Waals surface area contributed by atoms with E-state index in [1.54, 1.807) is 0 Å². The van der Waals surface area contributed by atoms with E-state index in [9.17, 15) is 0 Å². The highest BCUT2D eigenvalue weighted by Gasteiger charge is 2.16.